The van der Waals surface area contributed by atoms with E-state index >= 15 is 0 Å². The van der Waals surface area contributed by atoms with Crippen LogP contribution in [0.4, 0.5) is 0 Å². The maximum atomic E-state index is 11.8. The molecular weight excluding hydrogens is 312 g/mol. The van der Waals surface area contributed by atoms with Crippen molar-refractivity contribution in [1.29, 1.82) is 0 Å². The van der Waals surface area contributed by atoms with Crippen molar-refractivity contribution in [3.05, 3.63) is 32.6 Å². The zero-order valence-electron chi connectivity index (χ0n) is 9.99. The summed E-state index contributed by atoms with van der Waals surface area (Å²) in [7, 11) is 0. The fraction of sp³-hybridized carbons (Fsp3) is 0.385. The summed E-state index contributed by atoms with van der Waals surface area (Å²) in [5.41, 5.74) is 1.36. The number of nitrogens with one attached hydrogen (secondary N) is 1. The van der Waals surface area contributed by atoms with E-state index in [1.165, 1.54) is 16.9 Å². The van der Waals surface area contributed by atoms with Crippen molar-refractivity contribution in [2.24, 2.45) is 4.99 Å². The second kappa shape index (κ2) is 6.97. The lowest BCUT2D eigenvalue weighted by molar-refractivity contribution is 0.0986. The highest BCUT2D eigenvalue weighted by Gasteiger charge is 2.08. The molecule has 0 aliphatic carbocycles. The molecule has 0 amide bonds. The Labute approximate surface area is 119 Å². The summed E-state index contributed by atoms with van der Waals surface area (Å²) >= 11 is 4.86. The van der Waals surface area contributed by atoms with Crippen molar-refractivity contribution in [3.8, 4) is 0 Å². The summed E-state index contributed by atoms with van der Waals surface area (Å²) in [4.78, 5) is 16.7. The molecule has 1 aliphatic rings. The molecule has 0 atom stereocenters. The highest BCUT2D eigenvalue weighted by molar-refractivity contribution is 9.11. The molecule has 18 heavy (non-hydrogen) atoms. The molecule has 0 unspecified atom stereocenters. The van der Waals surface area contributed by atoms with E-state index in [-0.39, 0.29) is 5.78 Å². The third kappa shape index (κ3) is 4.15. The fourth-order valence-corrected chi connectivity index (χ4v) is 3.06. The minimum atomic E-state index is 0.210. The van der Waals surface area contributed by atoms with Crippen LogP contribution in [0.1, 0.15) is 28.9 Å². The van der Waals surface area contributed by atoms with Crippen molar-refractivity contribution in [3.63, 3.8) is 0 Å². The Morgan fingerprint density at radius 3 is 3.00 bits per heavy atom. The Morgan fingerprint density at radius 2 is 2.33 bits per heavy atom. The van der Waals surface area contributed by atoms with E-state index in [1.807, 2.05) is 24.5 Å². The first-order chi connectivity index (χ1) is 8.75. The monoisotopic (exact) mass is 326 g/mol. The van der Waals surface area contributed by atoms with Gasteiger partial charge in [-0.15, -0.1) is 11.3 Å². The van der Waals surface area contributed by atoms with Crippen LogP contribution in [0, 0.1) is 0 Å². The molecule has 0 fully saturated rings. The molecule has 1 aliphatic heterocycles. The van der Waals surface area contributed by atoms with E-state index in [0.29, 0.717) is 6.42 Å². The molecule has 0 bridgehead atoms. The summed E-state index contributed by atoms with van der Waals surface area (Å²) in [5.74, 6) is 0.210. The minimum Gasteiger partial charge on any atom is -0.316 e. The molecule has 0 saturated heterocycles. The lowest BCUT2D eigenvalue weighted by Gasteiger charge is -2.03. The molecule has 1 aromatic heterocycles. The molecule has 0 spiro atoms. The number of carbonyl (C=O) groups excluding carboxylic acids is 1. The summed E-state index contributed by atoms with van der Waals surface area (Å²) < 4.78 is 1.01. The van der Waals surface area contributed by atoms with Crippen LogP contribution in [0.15, 0.2) is 32.7 Å². The molecule has 2 heterocycles. The van der Waals surface area contributed by atoms with E-state index in [0.717, 1.165) is 34.6 Å². The van der Waals surface area contributed by atoms with E-state index in [1.54, 1.807) is 0 Å². The Bertz CT molecular complexity index is 479. The maximum absolute atomic E-state index is 11.8. The van der Waals surface area contributed by atoms with Crippen LogP contribution in [0.2, 0.25) is 0 Å². The standard InChI is InChI=1S/C13H15BrN2OS/c14-13-2-1-12(18-13)11(17)5-8-15-6-3-10-4-7-16-9-10/h1-2,7,9,15H,3-6,8H2. The first kappa shape index (κ1) is 13.6. The Balaban J connectivity index is 1.59. The number of carbonyl (C=O) groups is 1. The van der Waals surface area contributed by atoms with Crippen molar-refractivity contribution in [1.82, 2.24) is 5.32 Å². The Hall–Kier alpha value is -0.780. The van der Waals surface area contributed by atoms with Gasteiger partial charge < -0.3 is 5.32 Å². The summed E-state index contributed by atoms with van der Waals surface area (Å²) in [6.07, 6.45) is 6.40. The first-order valence-electron chi connectivity index (χ1n) is 5.94. The minimum absolute atomic E-state index is 0.210. The van der Waals surface area contributed by atoms with Crippen molar-refractivity contribution >= 4 is 39.3 Å². The number of rotatable bonds is 7. The molecule has 0 radical (unpaired) electrons. The molecular formula is C13H15BrN2OS. The molecule has 2 rings (SSSR count). The van der Waals surface area contributed by atoms with Gasteiger partial charge in [-0.2, -0.15) is 0 Å². The predicted molar refractivity (Wildman–Crippen MR) is 79.6 cm³/mol. The van der Waals surface area contributed by atoms with Crippen LogP contribution in [0.3, 0.4) is 0 Å². The van der Waals surface area contributed by atoms with E-state index in [9.17, 15) is 4.79 Å². The van der Waals surface area contributed by atoms with Crippen LogP contribution < -0.4 is 5.32 Å². The number of aliphatic imine (C=N–C) groups is 1. The van der Waals surface area contributed by atoms with Gasteiger partial charge in [0.05, 0.1) is 8.66 Å². The zero-order chi connectivity index (χ0) is 12.8. The van der Waals surface area contributed by atoms with Gasteiger partial charge in [-0.1, -0.05) is 0 Å². The van der Waals surface area contributed by atoms with Crippen molar-refractivity contribution < 1.29 is 4.79 Å². The molecule has 0 aromatic carbocycles. The van der Waals surface area contributed by atoms with Gasteiger partial charge in [0.1, 0.15) is 0 Å². The quantitative estimate of drug-likeness (QED) is 0.616. The number of Topliss-reactive ketones (excluding diaryl/α,β-unsaturated/α-hetero) is 1. The largest absolute Gasteiger partial charge is 0.316 e. The van der Waals surface area contributed by atoms with Crippen molar-refractivity contribution in [2.75, 3.05) is 13.1 Å². The predicted octanol–water partition coefficient (Wildman–Crippen LogP) is 3.42. The second-order valence-electron chi connectivity index (χ2n) is 4.10. The SMILES string of the molecule is O=C(CCNCCC1=CN=CC1)c1ccc(Br)s1. The van der Waals surface area contributed by atoms with Gasteiger partial charge in [-0.3, -0.25) is 9.79 Å². The number of hydrogen-bond acceptors (Lipinski definition) is 4. The van der Waals surface area contributed by atoms with E-state index in [4.69, 9.17) is 0 Å². The summed E-state index contributed by atoms with van der Waals surface area (Å²) in [6.45, 7) is 1.65. The van der Waals surface area contributed by atoms with Crippen LogP contribution in [0.25, 0.3) is 0 Å². The van der Waals surface area contributed by atoms with Gasteiger partial charge >= 0.3 is 0 Å². The van der Waals surface area contributed by atoms with Gasteiger partial charge in [-0.25, -0.2) is 0 Å². The number of hydrogen-bond donors (Lipinski definition) is 1. The third-order valence-electron chi connectivity index (χ3n) is 2.72. The topological polar surface area (TPSA) is 41.5 Å². The first-order valence-corrected chi connectivity index (χ1v) is 7.55. The Kier molecular flexibility index (Phi) is 5.28. The number of halogens is 1. The van der Waals surface area contributed by atoms with Gasteiger partial charge in [-0.05, 0) is 46.6 Å². The highest BCUT2D eigenvalue weighted by Crippen LogP contribution is 2.22. The van der Waals surface area contributed by atoms with Crippen molar-refractivity contribution in [2.45, 2.75) is 19.3 Å². The lowest BCUT2D eigenvalue weighted by Crippen LogP contribution is -2.19. The third-order valence-corrected chi connectivity index (χ3v) is 4.38. The summed E-state index contributed by atoms with van der Waals surface area (Å²) in [5, 5.41) is 3.30. The number of thiophene rings is 1. The van der Waals surface area contributed by atoms with E-state index < -0.39 is 0 Å². The average Bonchev–Trinajstić information content (AvgIpc) is 2.99. The smallest absolute Gasteiger partial charge is 0.174 e. The molecule has 1 N–H and O–H groups in total. The van der Waals surface area contributed by atoms with Crippen LogP contribution in [-0.4, -0.2) is 25.1 Å². The normalized spacial score (nSPS) is 13.9. The van der Waals surface area contributed by atoms with Crippen LogP contribution in [-0.2, 0) is 0 Å². The number of ketones is 1. The second-order valence-corrected chi connectivity index (χ2v) is 6.56. The van der Waals surface area contributed by atoms with Crippen LogP contribution in [0.5, 0.6) is 0 Å². The van der Waals surface area contributed by atoms with Gasteiger partial charge in [0.15, 0.2) is 5.78 Å². The van der Waals surface area contributed by atoms with E-state index in [2.05, 4.69) is 26.2 Å². The molecule has 96 valence electrons. The molecule has 3 nitrogen and oxygen atoms in total. The maximum Gasteiger partial charge on any atom is 0.174 e. The van der Waals surface area contributed by atoms with Crippen LogP contribution >= 0.6 is 27.3 Å². The summed E-state index contributed by atoms with van der Waals surface area (Å²) in [6, 6.07) is 3.79. The average molecular weight is 327 g/mol. The number of nitrogens with zero attached hydrogens (tertiary/aromatic N) is 1. The fourth-order valence-electron chi connectivity index (χ4n) is 1.71. The highest BCUT2D eigenvalue weighted by atomic mass is 79.9. The lowest BCUT2D eigenvalue weighted by atomic mass is 10.1. The molecule has 0 saturated carbocycles. The molecule has 5 heteroatoms. The zero-order valence-corrected chi connectivity index (χ0v) is 12.4. The van der Waals surface area contributed by atoms with Gasteiger partial charge in [0.2, 0.25) is 0 Å². The molecule has 1 aromatic rings. The van der Waals surface area contributed by atoms with Gasteiger partial charge in [0.25, 0.3) is 0 Å². The van der Waals surface area contributed by atoms with Gasteiger partial charge in [0, 0.05) is 31.8 Å². The Morgan fingerprint density at radius 1 is 1.44 bits per heavy atom.